The van der Waals surface area contributed by atoms with Crippen LogP contribution in [-0.4, -0.2) is 34.7 Å². The number of rotatable bonds is 6. The van der Waals surface area contributed by atoms with E-state index in [1.807, 2.05) is 6.33 Å². The number of aromatic nitrogens is 2. The fourth-order valence-corrected chi connectivity index (χ4v) is 3.77. The van der Waals surface area contributed by atoms with Gasteiger partial charge in [0.25, 0.3) is 0 Å². The number of fused-ring (bicyclic) bond motifs is 1. The van der Waals surface area contributed by atoms with E-state index in [1.165, 1.54) is 30.7 Å². The molecule has 2 aromatic rings. The van der Waals surface area contributed by atoms with Gasteiger partial charge in [-0.15, -0.1) is 0 Å². The SMILES string of the molecule is COC[C@@H]1CN(Cc2ccc(F)c(F)c2)Cc2ncn(CC3CC3)c21. The molecule has 2 aliphatic rings. The normalized spacial score (nSPS) is 20.7. The topological polar surface area (TPSA) is 30.3 Å². The van der Waals surface area contributed by atoms with Crippen LogP contribution < -0.4 is 0 Å². The van der Waals surface area contributed by atoms with E-state index in [-0.39, 0.29) is 5.92 Å². The van der Waals surface area contributed by atoms with E-state index in [0.29, 0.717) is 13.2 Å². The molecule has 1 aliphatic carbocycles. The lowest BCUT2D eigenvalue weighted by Gasteiger charge is -2.33. The Morgan fingerprint density at radius 1 is 1.24 bits per heavy atom. The van der Waals surface area contributed by atoms with Gasteiger partial charge in [-0.3, -0.25) is 4.90 Å². The summed E-state index contributed by atoms with van der Waals surface area (Å²) in [7, 11) is 1.72. The van der Waals surface area contributed by atoms with Crippen molar-refractivity contribution in [3.8, 4) is 0 Å². The van der Waals surface area contributed by atoms with E-state index in [9.17, 15) is 8.78 Å². The number of halogens is 2. The molecule has 0 bridgehead atoms. The van der Waals surface area contributed by atoms with Gasteiger partial charge in [-0.2, -0.15) is 0 Å². The highest BCUT2D eigenvalue weighted by atomic mass is 19.2. The number of methoxy groups -OCH3 is 1. The van der Waals surface area contributed by atoms with Crippen LogP contribution in [0.5, 0.6) is 0 Å². The standard InChI is InChI=1S/C19H23F2N3O/c1-25-11-15-9-23(7-14-4-5-16(20)17(21)6-14)10-18-19(15)24(12-22-18)8-13-2-3-13/h4-6,12-13,15H,2-3,7-11H2,1H3/t15-/m0/s1. The first-order chi connectivity index (χ1) is 12.1. The Labute approximate surface area is 146 Å². The molecular formula is C19H23F2N3O. The van der Waals surface area contributed by atoms with Gasteiger partial charge < -0.3 is 9.30 Å². The fourth-order valence-electron chi connectivity index (χ4n) is 3.77. The molecule has 134 valence electrons. The zero-order chi connectivity index (χ0) is 17.4. The van der Waals surface area contributed by atoms with Crippen molar-refractivity contribution in [1.29, 1.82) is 0 Å². The first-order valence-electron chi connectivity index (χ1n) is 8.83. The second-order valence-corrected chi connectivity index (χ2v) is 7.24. The van der Waals surface area contributed by atoms with Crippen LogP contribution in [0.25, 0.3) is 0 Å². The van der Waals surface area contributed by atoms with Crippen molar-refractivity contribution >= 4 is 0 Å². The molecule has 0 radical (unpaired) electrons. The lowest BCUT2D eigenvalue weighted by molar-refractivity contribution is 0.131. The molecule has 1 aliphatic heterocycles. The van der Waals surface area contributed by atoms with Gasteiger partial charge in [-0.25, -0.2) is 13.8 Å². The Hall–Kier alpha value is -1.79. The fraction of sp³-hybridized carbons (Fsp3) is 0.526. The minimum absolute atomic E-state index is 0.250. The van der Waals surface area contributed by atoms with Crippen LogP contribution >= 0.6 is 0 Å². The third-order valence-corrected chi connectivity index (χ3v) is 5.11. The van der Waals surface area contributed by atoms with Crippen molar-refractivity contribution in [2.24, 2.45) is 5.92 Å². The van der Waals surface area contributed by atoms with Crippen molar-refractivity contribution in [3.63, 3.8) is 0 Å². The summed E-state index contributed by atoms with van der Waals surface area (Å²) < 4.78 is 34.3. The van der Waals surface area contributed by atoms with Gasteiger partial charge in [0.1, 0.15) is 0 Å². The van der Waals surface area contributed by atoms with E-state index in [2.05, 4.69) is 14.5 Å². The summed E-state index contributed by atoms with van der Waals surface area (Å²) in [6.07, 6.45) is 4.57. The zero-order valence-electron chi connectivity index (χ0n) is 14.4. The highest BCUT2D eigenvalue weighted by Crippen LogP contribution is 2.34. The van der Waals surface area contributed by atoms with Gasteiger partial charge in [0.2, 0.25) is 0 Å². The summed E-state index contributed by atoms with van der Waals surface area (Å²) in [6, 6.07) is 4.11. The van der Waals surface area contributed by atoms with Crippen LogP contribution in [0.4, 0.5) is 8.78 Å². The molecule has 1 aromatic carbocycles. The second kappa shape index (κ2) is 6.84. The first kappa shape index (κ1) is 16.7. The summed E-state index contributed by atoms with van der Waals surface area (Å²) in [4.78, 5) is 6.85. The smallest absolute Gasteiger partial charge is 0.159 e. The highest BCUT2D eigenvalue weighted by molar-refractivity contribution is 5.24. The molecule has 2 heterocycles. The summed E-state index contributed by atoms with van der Waals surface area (Å²) in [5, 5.41) is 0. The van der Waals surface area contributed by atoms with Gasteiger partial charge in [0, 0.05) is 44.9 Å². The Bertz CT molecular complexity index is 757. The number of hydrogen-bond acceptors (Lipinski definition) is 3. The van der Waals surface area contributed by atoms with Crippen molar-refractivity contribution in [3.05, 3.63) is 53.1 Å². The molecule has 6 heteroatoms. The first-order valence-corrected chi connectivity index (χ1v) is 8.83. The van der Waals surface area contributed by atoms with Crippen molar-refractivity contribution in [2.45, 2.75) is 38.4 Å². The molecule has 0 saturated heterocycles. The monoisotopic (exact) mass is 347 g/mol. The Morgan fingerprint density at radius 2 is 2.08 bits per heavy atom. The minimum Gasteiger partial charge on any atom is -0.384 e. The Kier molecular flexibility index (Phi) is 4.56. The minimum atomic E-state index is -0.805. The third-order valence-electron chi connectivity index (χ3n) is 5.11. The molecule has 0 unspecified atom stereocenters. The summed E-state index contributed by atoms with van der Waals surface area (Å²) in [5.41, 5.74) is 3.14. The van der Waals surface area contributed by atoms with Crippen molar-refractivity contribution < 1.29 is 13.5 Å². The maximum absolute atomic E-state index is 13.5. The Morgan fingerprint density at radius 3 is 2.80 bits per heavy atom. The average molecular weight is 347 g/mol. The zero-order valence-corrected chi connectivity index (χ0v) is 14.4. The number of imidazole rings is 1. The maximum Gasteiger partial charge on any atom is 0.159 e. The van der Waals surface area contributed by atoms with Gasteiger partial charge in [0.15, 0.2) is 11.6 Å². The summed E-state index contributed by atoms with van der Waals surface area (Å²) in [5.74, 6) is -0.555. The molecule has 0 spiro atoms. The predicted molar refractivity (Wildman–Crippen MR) is 90.0 cm³/mol. The largest absolute Gasteiger partial charge is 0.384 e. The quantitative estimate of drug-likeness (QED) is 0.803. The molecule has 25 heavy (non-hydrogen) atoms. The van der Waals surface area contributed by atoms with Gasteiger partial charge >= 0.3 is 0 Å². The number of ether oxygens (including phenoxy) is 1. The molecule has 1 atom stereocenters. The molecule has 1 saturated carbocycles. The second-order valence-electron chi connectivity index (χ2n) is 7.24. The van der Waals surface area contributed by atoms with Crippen molar-refractivity contribution in [1.82, 2.24) is 14.5 Å². The lowest BCUT2D eigenvalue weighted by Crippen LogP contribution is -2.36. The predicted octanol–water partition coefficient (Wildman–Crippen LogP) is 3.32. The molecule has 4 nitrogen and oxygen atoms in total. The Balaban J connectivity index is 1.53. The van der Waals surface area contributed by atoms with E-state index in [0.717, 1.165) is 36.8 Å². The molecule has 4 rings (SSSR count). The third kappa shape index (κ3) is 3.60. The van der Waals surface area contributed by atoms with Crippen molar-refractivity contribution in [2.75, 3.05) is 20.3 Å². The van der Waals surface area contributed by atoms with E-state index in [4.69, 9.17) is 4.74 Å². The number of nitrogens with zero attached hydrogens (tertiary/aromatic N) is 3. The summed E-state index contributed by atoms with van der Waals surface area (Å²) in [6.45, 7) is 3.82. The van der Waals surface area contributed by atoms with E-state index >= 15 is 0 Å². The molecular weight excluding hydrogens is 324 g/mol. The van der Waals surface area contributed by atoms with Crippen LogP contribution in [0, 0.1) is 17.6 Å². The van der Waals surface area contributed by atoms with Crippen LogP contribution in [0.1, 0.15) is 35.7 Å². The van der Waals surface area contributed by atoms with Crippen LogP contribution in [0.15, 0.2) is 24.5 Å². The van der Waals surface area contributed by atoms with Gasteiger partial charge in [-0.1, -0.05) is 6.07 Å². The number of benzene rings is 1. The molecule has 0 amide bonds. The maximum atomic E-state index is 13.5. The van der Waals surface area contributed by atoms with Crippen LogP contribution in [0.2, 0.25) is 0 Å². The summed E-state index contributed by atoms with van der Waals surface area (Å²) >= 11 is 0. The highest BCUT2D eigenvalue weighted by Gasteiger charge is 2.31. The lowest BCUT2D eigenvalue weighted by atomic mass is 9.98. The van der Waals surface area contributed by atoms with Crippen LogP contribution in [-0.2, 0) is 24.4 Å². The van der Waals surface area contributed by atoms with Gasteiger partial charge in [0.05, 0.1) is 18.6 Å². The van der Waals surface area contributed by atoms with E-state index in [1.54, 1.807) is 13.2 Å². The van der Waals surface area contributed by atoms with E-state index < -0.39 is 11.6 Å². The van der Waals surface area contributed by atoms with Gasteiger partial charge in [-0.05, 0) is 36.5 Å². The average Bonchev–Trinajstić information content (AvgIpc) is 3.31. The molecule has 0 N–H and O–H groups in total. The molecule has 1 aromatic heterocycles. The number of hydrogen-bond donors (Lipinski definition) is 0. The molecule has 1 fully saturated rings. The van der Waals surface area contributed by atoms with Crippen LogP contribution in [0.3, 0.4) is 0 Å².